The maximum Gasteiger partial charge on any atom is 0.262 e. The molecule has 2 aromatic rings. The molecule has 5 nitrogen and oxygen atoms in total. The third kappa shape index (κ3) is 3.73. The number of rotatable bonds is 5. The molecular weight excluding hydrogens is 256 g/mol. The van der Waals surface area contributed by atoms with Crippen molar-refractivity contribution in [2.75, 3.05) is 17.7 Å². The van der Waals surface area contributed by atoms with E-state index in [4.69, 9.17) is 15.6 Å². The molecule has 0 aliphatic carbocycles. The summed E-state index contributed by atoms with van der Waals surface area (Å²) >= 11 is 0. The highest BCUT2D eigenvalue weighted by molar-refractivity contribution is 5.94. The summed E-state index contributed by atoms with van der Waals surface area (Å²) in [4.78, 5) is 11.8. The van der Waals surface area contributed by atoms with Crippen molar-refractivity contribution in [3.8, 4) is 5.75 Å². The smallest absolute Gasteiger partial charge is 0.262 e. The maximum atomic E-state index is 11.8. The van der Waals surface area contributed by atoms with Crippen LogP contribution in [-0.4, -0.2) is 17.6 Å². The minimum atomic E-state index is -0.294. The zero-order valence-electron chi connectivity index (χ0n) is 10.9. The highest BCUT2D eigenvalue weighted by Crippen LogP contribution is 2.17. The van der Waals surface area contributed by atoms with E-state index in [0.29, 0.717) is 17.1 Å². The largest absolute Gasteiger partial charge is 0.484 e. The molecule has 5 heteroatoms. The van der Waals surface area contributed by atoms with Crippen molar-refractivity contribution in [3.63, 3.8) is 0 Å². The Morgan fingerprint density at radius 3 is 2.75 bits per heavy atom. The van der Waals surface area contributed by atoms with E-state index in [1.807, 2.05) is 0 Å². The molecule has 0 fully saturated rings. The van der Waals surface area contributed by atoms with E-state index in [9.17, 15) is 4.79 Å². The highest BCUT2D eigenvalue weighted by Gasteiger charge is 2.06. The molecule has 0 aliphatic heterocycles. The van der Waals surface area contributed by atoms with Crippen molar-refractivity contribution < 1.29 is 14.6 Å². The Labute approximate surface area is 117 Å². The van der Waals surface area contributed by atoms with Gasteiger partial charge in [0, 0.05) is 0 Å². The molecule has 0 saturated carbocycles. The molecule has 0 bridgehead atoms. The number of hydrogen-bond donors (Lipinski definition) is 3. The van der Waals surface area contributed by atoms with Gasteiger partial charge in [-0.25, -0.2) is 0 Å². The van der Waals surface area contributed by atoms with Crippen LogP contribution >= 0.6 is 0 Å². The lowest BCUT2D eigenvalue weighted by Gasteiger charge is -2.09. The molecule has 0 aromatic heterocycles. The summed E-state index contributed by atoms with van der Waals surface area (Å²) in [5.41, 5.74) is 7.53. The third-order valence-corrected chi connectivity index (χ3v) is 2.69. The summed E-state index contributed by atoms with van der Waals surface area (Å²) in [6, 6.07) is 14.0. The summed E-state index contributed by atoms with van der Waals surface area (Å²) in [5.74, 6) is 0.241. The van der Waals surface area contributed by atoms with Crippen LogP contribution in [0.2, 0.25) is 0 Å². The predicted octanol–water partition coefficient (Wildman–Crippen LogP) is 1.78. The van der Waals surface area contributed by atoms with Crippen LogP contribution in [0.15, 0.2) is 48.5 Å². The molecule has 0 radical (unpaired) electrons. The Morgan fingerprint density at radius 2 is 2.00 bits per heavy atom. The standard InChI is InChI=1S/C15H16N2O3/c16-13-6-1-2-7-14(13)17-15(19)10-20-12-5-3-4-11(8-12)9-18/h1-8,18H,9-10,16H2,(H,17,19). The number of anilines is 2. The van der Waals surface area contributed by atoms with Crippen molar-refractivity contribution in [3.05, 3.63) is 54.1 Å². The summed E-state index contributed by atoms with van der Waals surface area (Å²) in [5, 5.41) is 11.7. The highest BCUT2D eigenvalue weighted by atomic mass is 16.5. The fourth-order valence-corrected chi connectivity index (χ4v) is 1.68. The summed E-state index contributed by atoms with van der Waals surface area (Å²) in [6.45, 7) is -0.187. The van der Waals surface area contributed by atoms with Gasteiger partial charge in [0.1, 0.15) is 5.75 Å². The number of nitrogen functional groups attached to an aromatic ring is 1. The van der Waals surface area contributed by atoms with Crippen LogP contribution in [0.25, 0.3) is 0 Å². The van der Waals surface area contributed by atoms with Gasteiger partial charge in [0.05, 0.1) is 18.0 Å². The molecule has 0 atom stereocenters. The van der Waals surface area contributed by atoms with Crippen molar-refractivity contribution in [2.24, 2.45) is 0 Å². The number of carbonyl (C=O) groups excluding carboxylic acids is 1. The van der Waals surface area contributed by atoms with Gasteiger partial charge in [-0.15, -0.1) is 0 Å². The number of para-hydroxylation sites is 2. The first kappa shape index (κ1) is 13.9. The van der Waals surface area contributed by atoms with Crippen LogP contribution in [0.4, 0.5) is 11.4 Å². The van der Waals surface area contributed by atoms with E-state index in [2.05, 4.69) is 5.32 Å². The maximum absolute atomic E-state index is 11.8. The molecule has 0 aliphatic rings. The molecule has 0 spiro atoms. The average molecular weight is 272 g/mol. The summed E-state index contributed by atoms with van der Waals surface area (Å²) < 4.78 is 5.36. The predicted molar refractivity (Wildman–Crippen MR) is 77.3 cm³/mol. The third-order valence-electron chi connectivity index (χ3n) is 2.69. The van der Waals surface area contributed by atoms with Gasteiger partial charge in [-0.05, 0) is 29.8 Å². The lowest BCUT2D eigenvalue weighted by atomic mass is 10.2. The molecule has 4 N–H and O–H groups in total. The topological polar surface area (TPSA) is 84.6 Å². The number of nitrogens with two attached hydrogens (primary N) is 1. The van der Waals surface area contributed by atoms with Gasteiger partial charge in [-0.1, -0.05) is 24.3 Å². The summed E-state index contributed by atoms with van der Waals surface area (Å²) in [7, 11) is 0. The second-order valence-electron chi connectivity index (χ2n) is 4.23. The molecule has 2 aromatic carbocycles. The van der Waals surface area contributed by atoms with Crippen molar-refractivity contribution >= 4 is 17.3 Å². The van der Waals surface area contributed by atoms with Crippen LogP contribution in [0.1, 0.15) is 5.56 Å². The lowest BCUT2D eigenvalue weighted by Crippen LogP contribution is -2.20. The van der Waals surface area contributed by atoms with Gasteiger partial charge in [0.15, 0.2) is 6.61 Å². The van der Waals surface area contributed by atoms with E-state index < -0.39 is 0 Å². The number of aliphatic hydroxyl groups excluding tert-OH is 1. The minimum Gasteiger partial charge on any atom is -0.484 e. The van der Waals surface area contributed by atoms with E-state index in [1.54, 1.807) is 48.5 Å². The summed E-state index contributed by atoms with van der Waals surface area (Å²) in [6.07, 6.45) is 0. The second kappa shape index (κ2) is 6.58. The molecule has 0 unspecified atom stereocenters. The van der Waals surface area contributed by atoms with Crippen LogP contribution in [0, 0.1) is 0 Å². The number of amides is 1. The first-order valence-corrected chi connectivity index (χ1v) is 6.16. The monoisotopic (exact) mass is 272 g/mol. The Balaban J connectivity index is 1.90. The molecule has 2 rings (SSSR count). The first-order chi connectivity index (χ1) is 9.69. The molecule has 104 valence electrons. The minimum absolute atomic E-state index is 0.0655. The zero-order chi connectivity index (χ0) is 14.4. The van der Waals surface area contributed by atoms with E-state index in [-0.39, 0.29) is 19.1 Å². The van der Waals surface area contributed by atoms with E-state index in [0.717, 1.165) is 5.56 Å². The molecule has 0 heterocycles. The lowest BCUT2D eigenvalue weighted by molar-refractivity contribution is -0.118. The number of carbonyl (C=O) groups is 1. The quantitative estimate of drug-likeness (QED) is 0.724. The van der Waals surface area contributed by atoms with Crippen molar-refractivity contribution in [2.45, 2.75) is 6.61 Å². The van der Waals surface area contributed by atoms with Gasteiger partial charge < -0.3 is 20.9 Å². The van der Waals surface area contributed by atoms with Gasteiger partial charge >= 0.3 is 0 Å². The van der Waals surface area contributed by atoms with E-state index >= 15 is 0 Å². The SMILES string of the molecule is Nc1ccccc1NC(=O)COc1cccc(CO)c1. The van der Waals surface area contributed by atoms with E-state index in [1.165, 1.54) is 0 Å². The number of nitrogens with one attached hydrogen (secondary N) is 1. The van der Waals surface area contributed by atoms with Crippen LogP contribution in [0.3, 0.4) is 0 Å². The molecule has 1 amide bonds. The Morgan fingerprint density at radius 1 is 1.20 bits per heavy atom. The van der Waals surface area contributed by atoms with Crippen LogP contribution in [-0.2, 0) is 11.4 Å². The Bertz CT molecular complexity index is 599. The first-order valence-electron chi connectivity index (χ1n) is 6.16. The van der Waals surface area contributed by atoms with Crippen LogP contribution < -0.4 is 15.8 Å². The number of ether oxygens (including phenoxy) is 1. The van der Waals surface area contributed by atoms with Crippen molar-refractivity contribution in [1.29, 1.82) is 0 Å². The van der Waals surface area contributed by atoms with Crippen LogP contribution in [0.5, 0.6) is 5.75 Å². The second-order valence-corrected chi connectivity index (χ2v) is 4.23. The Kier molecular flexibility index (Phi) is 4.57. The van der Waals surface area contributed by atoms with Gasteiger partial charge in [0.2, 0.25) is 0 Å². The van der Waals surface area contributed by atoms with Gasteiger partial charge in [0.25, 0.3) is 5.91 Å². The number of hydrogen-bond acceptors (Lipinski definition) is 4. The fraction of sp³-hybridized carbons (Fsp3) is 0.133. The zero-order valence-corrected chi connectivity index (χ0v) is 10.9. The van der Waals surface area contributed by atoms with Gasteiger partial charge in [-0.2, -0.15) is 0 Å². The number of benzene rings is 2. The fourth-order valence-electron chi connectivity index (χ4n) is 1.68. The molecule has 0 saturated heterocycles. The van der Waals surface area contributed by atoms with Crippen molar-refractivity contribution in [1.82, 2.24) is 0 Å². The molecule has 20 heavy (non-hydrogen) atoms. The van der Waals surface area contributed by atoms with Gasteiger partial charge in [-0.3, -0.25) is 4.79 Å². The normalized spacial score (nSPS) is 10.1. The molecular formula is C15H16N2O3. The Hall–Kier alpha value is -2.53. The number of aliphatic hydroxyl groups is 1. The average Bonchev–Trinajstić information content (AvgIpc) is 2.48.